The van der Waals surface area contributed by atoms with Gasteiger partial charge in [0.25, 0.3) is 0 Å². The van der Waals surface area contributed by atoms with Crippen molar-refractivity contribution in [2.24, 2.45) is 0 Å². The molecule has 1 aromatic carbocycles. The Hall–Kier alpha value is -1.00. The van der Waals surface area contributed by atoms with E-state index in [0.717, 1.165) is 24.0 Å². The van der Waals surface area contributed by atoms with Gasteiger partial charge in [-0.1, -0.05) is 47.6 Å². The molecule has 0 heterocycles. The molecule has 0 spiro atoms. The highest BCUT2D eigenvalue weighted by atomic mass is 31.2. The molecule has 0 aliphatic rings. The van der Waals surface area contributed by atoms with E-state index in [4.69, 9.17) is 19.6 Å². The third-order valence-corrected chi connectivity index (χ3v) is 8.03. The standard InChI is InChI=1S/C19H30O6P2/c1-15(2)7-4-8-16(3)13-18-11-5-9-17(14-18)10-6-12-19(26(20,21)22)27(23,24)25/h5,7,9,11,13-14,19H,4,6,8,10,12H2,1-3H3,(H2,20,21,22)(H2,23,24,25)/b16-13+. The van der Waals surface area contributed by atoms with Crippen molar-refractivity contribution in [3.8, 4) is 0 Å². The number of hydrogen-bond donors (Lipinski definition) is 4. The van der Waals surface area contributed by atoms with Crippen molar-refractivity contribution in [2.45, 2.75) is 58.3 Å². The minimum atomic E-state index is -4.84. The molecule has 0 aromatic heterocycles. The van der Waals surface area contributed by atoms with Crippen molar-refractivity contribution < 1.29 is 28.7 Å². The van der Waals surface area contributed by atoms with Gasteiger partial charge in [-0.25, -0.2) is 0 Å². The van der Waals surface area contributed by atoms with Gasteiger partial charge < -0.3 is 19.6 Å². The summed E-state index contributed by atoms with van der Waals surface area (Å²) >= 11 is 0. The van der Waals surface area contributed by atoms with Crippen LogP contribution in [0.2, 0.25) is 0 Å². The predicted molar refractivity (Wildman–Crippen MR) is 110 cm³/mol. The van der Waals surface area contributed by atoms with Gasteiger partial charge in [0.05, 0.1) is 0 Å². The van der Waals surface area contributed by atoms with Crippen LogP contribution in [0, 0.1) is 0 Å². The summed E-state index contributed by atoms with van der Waals surface area (Å²) in [5, 5.41) is -1.93. The molecule has 152 valence electrons. The summed E-state index contributed by atoms with van der Waals surface area (Å²) in [7, 11) is -9.68. The molecule has 0 saturated heterocycles. The van der Waals surface area contributed by atoms with Crippen LogP contribution >= 0.6 is 15.2 Å². The third-order valence-electron chi connectivity index (χ3n) is 4.16. The van der Waals surface area contributed by atoms with Crippen molar-refractivity contribution in [3.63, 3.8) is 0 Å². The molecule has 8 heteroatoms. The van der Waals surface area contributed by atoms with Crippen molar-refractivity contribution in [3.05, 3.63) is 52.6 Å². The maximum atomic E-state index is 11.3. The van der Waals surface area contributed by atoms with Crippen LogP contribution in [0.15, 0.2) is 41.5 Å². The zero-order valence-electron chi connectivity index (χ0n) is 16.1. The minimum Gasteiger partial charge on any atom is -0.324 e. The fourth-order valence-corrected chi connectivity index (χ4v) is 5.41. The molecule has 1 rings (SSSR count). The molecule has 6 nitrogen and oxygen atoms in total. The van der Waals surface area contributed by atoms with Crippen molar-refractivity contribution in [2.75, 3.05) is 0 Å². The molecule has 0 atom stereocenters. The number of benzene rings is 1. The Morgan fingerprint density at radius 3 is 2.26 bits per heavy atom. The first-order chi connectivity index (χ1) is 12.4. The molecule has 0 fully saturated rings. The molecule has 0 saturated carbocycles. The van der Waals surface area contributed by atoms with E-state index < -0.39 is 20.6 Å². The summed E-state index contributed by atoms with van der Waals surface area (Å²) in [6.07, 6.45) is 6.83. The van der Waals surface area contributed by atoms with E-state index in [1.54, 1.807) is 0 Å². The molecule has 0 bridgehead atoms. The van der Waals surface area contributed by atoms with Crippen LogP contribution in [0.5, 0.6) is 0 Å². The highest BCUT2D eigenvalue weighted by Gasteiger charge is 2.42. The SMILES string of the molecule is CC(C)=CCC/C(C)=C/c1cccc(CCCC(P(=O)(O)O)P(=O)(O)O)c1. The van der Waals surface area contributed by atoms with Gasteiger partial charge in [-0.05, 0) is 64.0 Å². The largest absolute Gasteiger partial charge is 0.340 e. The lowest BCUT2D eigenvalue weighted by Gasteiger charge is -2.19. The van der Waals surface area contributed by atoms with Crippen LogP contribution in [-0.2, 0) is 15.6 Å². The number of hydrogen-bond acceptors (Lipinski definition) is 2. The van der Waals surface area contributed by atoms with Gasteiger partial charge in [0.15, 0.2) is 5.40 Å². The van der Waals surface area contributed by atoms with Crippen LogP contribution in [0.1, 0.15) is 57.6 Å². The van der Waals surface area contributed by atoms with E-state index in [9.17, 15) is 9.13 Å². The number of rotatable bonds is 10. The fourth-order valence-electron chi connectivity index (χ4n) is 2.80. The lowest BCUT2D eigenvalue weighted by molar-refractivity contribution is 0.334. The van der Waals surface area contributed by atoms with E-state index >= 15 is 0 Å². The fraction of sp³-hybridized carbons (Fsp3) is 0.474. The second-order valence-corrected chi connectivity index (χ2v) is 11.1. The number of aryl methyl sites for hydroxylation is 1. The Kier molecular flexibility index (Phi) is 9.36. The van der Waals surface area contributed by atoms with Crippen molar-refractivity contribution in [1.82, 2.24) is 0 Å². The Labute approximate surface area is 161 Å². The summed E-state index contributed by atoms with van der Waals surface area (Å²) in [5.74, 6) is 0. The Morgan fingerprint density at radius 1 is 1.07 bits per heavy atom. The zero-order valence-corrected chi connectivity index (χ0v) is 17.9. The molecular weight excluding hydrogens is 386 g/mol. The smallest absolute Gasteiger partial charge is 0.324 e. The van der Waals surface area contributed by atoms with E-state index in [0.29, 0.717) is 6.42 Å². The molecule has 0 radical (unpaired) electrons. The molecule has 0 unspecified atom stereocenters. The highest BCUT2D eigenvalue weighted by molar-refractivity contribution is 7.70. The molecule has 0 amide bonds. The summed E-state index contributed by atoms with van der Waals surface area (Å²) in [6, 6.07) is 7.80. The first-order valence-electron chi connectivity index (χ1n) is 8.89. The maximum absolute atomic E-state index is 11.3. The first kappa shape index (κ1) is 24.0. The lowest BCUT2D eigenvalue weighted by Crippen LogP contribution is -2.09. The Morgan fingerprint density at radius 2 is 1.70 bits per heavy atom. The zero-order chi connectivity index (χ0) is 20.7. The molecule has 4 N–H and O–H groups in total. The van der Waals surface area contributed by atoms with Crippen LogP contribution in [0.3, 0.4) is 0 Å². The van der Waals surface area contributed by atoms with Gasteiger partial charge in [-0.3, -0.25) is 9.13 Å². The Balaban J connectivity index is 2.70. The van der Waals surface area contributed by atoms with E-state index in [1.165, 1.54) is 11.1 Å². The monoisotopic (exact) mass is 416 g/mol. The second-order valence-electron chi connectivity index (χ2n) is 7.11. The normalized spacial score (nSPS) is 13.1. The quantitative estimate of drug-likeness (QED) is 0.320. The third kappa shape index (κ3) is 9.66. The van der Waals surface area contributed by atoms with Gasteiger partial charge in [-0.15, -0.1) is 0 Å². The highest BCUT2D eigenvalue weighted by Crippen LogP contribution is 2.61. The van der Waals surface area contributed by atoms with Gasteiger partial charge in [0.2, 0.25) is 0 Å². The van der Waals surface area contributed by atoms with Crippen LogP contribution in [-0.4, -0.2) is 25.0 Å². The molecule has 0 aliphatic heterocycles. The van der Waals surface area contributed by atoms with Gasteiger partial charge in [-0.2, -0.15) is 0 Å². The van der Waals surface area contributed by atoms with E-state index in [-0.39, 0.29) is 12.8 Å². The maximum Gasteiger partial charge on any atom is 0.340 e. The van der Waals surface area contributed by atoms with E-state index in [2.05, 4.69) is 32.9 Å². The first-order valence-corrected chi connectivity index (χ1v) is 12.3. The summed E-state index contributed by atoms with van der Waals surface area (Å²) in [5.41, 5.74) is 4.57. The van der Waals surface area contributed by atoms with Crippen LogP contribution in [0.25, 0.3) is 6.08 Å². The topological polar surface area (TPSA) is 115 Å². The average molecular weight is 416 g/mol. The summed E-state index contributed by atoms with van der Waals surface area (Å²) in [6.45, 7) is 6.23. The second kappa shape index (κ2) is 10.5. The number of allylic oxidation sites excluding steroid dienone is 3. The predicted octanol–water partition coefficient (Wildman–Crippen LogP) is 4.84. The van der Waals surface area contributed by atoms with Gasteiger partial charge in [0, 0.05) is 0 Å². The minimum absolute atomic E-state index is 0.226. The average Bonchev–Trinajstić information content (AvgIpc) is 2.49. The van der Waals surface area contributed by atoms with Gasteiger partial charge >= 0.3 is 15.2 Å². The van der Waals surface area contributed by atoms with Crippen LogP contribution < -0.4 is 0 Å². The van der Waals surface area contributed by atoms with Crippen LogP contribution in [0.4, 0.5) is 0 Å². The van der Waals surface area contributed by atoms with Gasteiger partial charge in [0.1, 0.15) is 0 Å². The summed E-state index contributed by atoms with van der Waals surface area (Å²) < 4.78 is 22.6. The van der Waals surface area contributed by atoms with E-state index in [1.807, 2.05) is 24.3 Å². The molecular formula is C19H30O6P2. The molecule has 0 aliphatic carbocycles. The Bertz CT molecular complexity index is 746. The summed E-state index contributed by atoms with van der Waals surface area (Å²) in [4.78, 5) is 36.7. The lowest BCUT2D eigenvalue weighted by atomic mass is 10.0. The molecule has 1 aromatic rings. The van der Waals surface area contributed by atoms with Crippen molar-refractivity contribution in [1.29, 1.82) is 0 Å². The molecule has 27 heavy (non-hydrogen) atoms. The van der Waals surface area contributed by atoms with Crippen molar-refractivity contribution >= 4 is 21.3 Å².